The second kappa shape index (κ2) is 8.33. The van der Waals surface area contributed by atoms with Gasteiger partial charge in [-0.05, 0) is 48.6 Å². The zero-order valence-corrected chi connectivity index (χ0v) is 18.3. The zero-order chi connectivity index (χ0) is 21.2. The van der Waals surface area contributed by atoms with Gasteiger partial charge in [-0.15, -0.1) is 0 Å². The molecule has 0 saturated carbocycles. The molecule has 29 heavy (non-hydrogen) atoms. The topological polar surface area (TPSA) is 60.7 Å². The van der Waals surface area contributed by atoms with Crippen LogP contribution in [0, 0.1) is 6.92 Å². The molecule has 0 aliphatic carbocycles. The van der Waals surface area contributed by atoms with E-state index in [1.165, 1.54) is 11.3 Å². The molecule has 0 unspecified atom stereocenters. The van der Waals surface area contributed by atoms with E-state index >= 15 is 0 Å². The van der Waals surface area contributed by atoms with Gasteiger partial charge in [0.1, 0.15) is 6.54 Å². The number of thiazole rings is 1. The molecule has 0 fully saturated rings. The quantitative estimate of drug-likeness (QED) is 0.590. The maximum Gasteiger partial charge on any atom is 0.326 e. The lowest BCUT2D eigenvalue weighted by molar-refractivity contribution is -0.143. The van der Waals surface area contributed by atoms with Crippen LogP contribution in [0.2, 0.25) is 0 Å². The molecule has 1 amide bonds. The highest BCUT2D eigenvalue weighted by molar-refractivity contribution is 7.16. The number of carbonyl (C=O) groups is 2. The summed E-state index contributed by atoms with van der Waals surface area (Å²) in [6.45, 7) is 10.5. The lowest BCUT2D eigenvalue weighted by Gasteiger charge is -2.18. The van der Waals surface area contributed by atoms with Gasteiger partial charge in [0.2, 0.25) is 0 Å². The smallest absolute Gasteiger partial charge is 0.326 e. The van der Waals surface area contributed by atoms with E-state index in [0.717, 1.165) is 21.3 Å². The Kier molecular flexibility index (Phi) is 6.03. The van der Waals surface area contributed by atoms with Crippen LogP contribution in [-0.2, 0) is 21.5 Å². The molecule has 0 radical (unpaired) electrons. The average Bonchev–Trinajstić information content (AvgIpc) is 2.99. The number of fused-ring (bicyclic) bond motifs is 1. The number of ether oxygens (including phenoxy) is 1. The first-order valence-electron chi connectivity index (χ1n) is 9.65. The Morgan fingerprint density at radius 1 is 1.10 bits per heavy atom. The minimum atomic E-state index is -0.348. The van der Waals surface area contributed by atoms with Gasteiger partial charge in [0.25, 0.3) is 5.91 Å². The van der Waals surface area contributed by atoms with Crippen molar-refractivity contribution < 1.29 is 14.3 Å². The van der Waals surface area contributed by atoms with Crippen LogP contribution in [0.1, 0.15) is 49.2 Å². The number of esters is 1. The minimum Gasteiger partial charge on any atom is -0.465 e. The van der Waals surface area contributed by atoms with Crippen LogP contribution < -0.4 is 4.80 Å². The van der Waals surface area contributed by atoms with Crippen LogP contribution in [0.4, 0.5) is 0 Å². The molecule has 1 heterocycles. The molecule has 0 bridgehead atoms. The first-order valence-corrected chi connectivity index (χ1v) is 10.5. The summed E-state index contributed by atoms with van der Waals surface area (Å²) in [6.07, 6.45) is 0. The molecule has 1 aromatic heterocycles. The number of aryl methyl sites for hydroxylation is 1. The molecule has 3 rings (SSSR count). The van der Waals surface area contributed by atoms with Crippen molar-refractivity contribution in [2.24, 2.45) is 4.99 Å². The van der Waals surface area contributed by atoms with Crippen LogP contribution in [0.15, 0.2) is 47.5 Å². The molecule has 6 heteroatoms. The highest BCUT2D eigenvalue weighted by atomic mass is 32.1. The SMILES string of the molecule is CCOC(=O)Cn1c(=NC(=O)c2ccc(C(C)(C)C)cc2)sc2cccc(C)c21. The summed E-state index contributed by atoms with van der Waals surface area (Å²) in [4.78, 5) is 29.8. The number of aromatic nitrogens is 1. The van der Waals surface area contributed by atoms with Crippen molar-refractivity contribution >= 4 is 33.4 Å². The van der Waals surface area contributed by atoms with Crippen molar-refractivity contribution in [3.05, 3.63) is 64.0 Å². The first kappa shape index (κ1) is 21.0. The second-order valence-corrected chi connectivity index (χ2v) is 8.95. The highest BCUT2D eigenvalue weighted by Crippen LogP contribution is 2.23. The summed E-state index contributed by atoms with van der Waals surface area (Å²) >= 11 is 1.40. The third kappa shape index (κ3) is 4.65. The number of nitrogens with zero attached hydrogens (tertiary/aromatic N) is 2. The molecule has 3 aromatic rings. The first-order chi connectivity index (χ1) is 13.7. The van der Waals surface area contributed by atoms with Crippen LogP contribution in [0.3, 0.4) is 0 Å². The largest absolute Gasteiger partial charge is 0.465 e. The number of hydrogen-bond donors (Lipinski definition) is 0. The standard InChI is InChI=1S/C23H26N2O3S/c1-6-28-19(26)14-25-20-15(2)8-7-9-18(20)29-22(25)24-21(27)16-10-12-17(13-11-16)23(3,4)5/h7-13H,6,14H2,1-5H3. The molecule has 152 valence electrons. The number of rotatable bonds is 4. The molecule has 2 aromatic carbocycles. The van der Waals surface area contributed by atoms with Gasteiger partial charge >= 0.3 is 5.97 Å². The molecule has 0 saturated heterocycles. The van der Waals surface area contributed by atoms with Crippen LogP contribution in [-0.4, -0.2) is 23.1 Å². The lowest BCUT2D eigenvalue weighted by atomic mass is 9.87. The van der Waals surface area contributed by atoms with Crippen molar-refractivity contribution in [1.82, 2.24) is 4.57 Å². The van der Waals surface area contributed by atoms with Crippen molar-refractivity contribution in [3.8, 4) is 0 Å². The third-order valence-electron chi connectivity index (χ3n) is 4.69. The van der Waals surface area contributed by atoms with Gasteiger partial charge in [-0.1, -0.05) is 56.4 Å². The van der Waals surface area contributed by atoms with E-state index in [2.05, 4.69) is 25.8 Å². The van der Waals surface area contributed by atoms with E-state index in [0.29, 0.717) is 17.0 Å². The number of benzene rings is 2. The summed E-state index contributed by atoms with van der Waals surface area (Å²) in [5, 5.41) is 0. The molecular weight excluding hydrogens is 384 g/mol. The predicted molar refractivity (Wildman–Crippen MR) is 116 cm³/mol. The van der Waals surface area contributed by atoms with Crippen LogP contribution in [0.25, 0.3) is 10.2 Å². The van der Waals surface area contributed by atoms with Crippen LogP contribution in [0.5, 0.6) is 0 Å². The molecule has 0 atom stereocenters. The van der Waals surface area contributed by atoms with Gasteiger partial charge in [0, 0.05) is 5.56 Å². The van der Waals surface area contributed by atoms with E-state index in [1.807, 2.05) is 37.3 Å². The van der Waals surface area contributed by atoms with E-state index in [1.54, 1.807) is 23.6 Å². The van der Waals surface area contributed by atoms with Gasteiger partial charge < -0.3 is 9.30 Å². The highest BCUT2D eigenvalue weighted by Gasteiger charge is 2.16. The van der Waals surface area contributed by atoms with E-state index < -0.39 is 0 Å². The Morgan fingerprint density at radius 2 is 1.79 bits per heavy atom. The maximum absolute atomic E-state index is 12.8. The Morgan fingerprint density at radius 3 is 2.41 bits per heavy atom. The normalized spacial score (nSPS) is 12.4. The van der Waals surface area contributed by atoms with Gasteiger partial charge in [-0.2, -0.15) is 4.99 Å². The Labute approximate surface area is 174 Å². The van der Waals surface area contributed by atoms with Crippen LogP contribution >= 0.6 is 11.3 Å². The third-order valence-corrected chi connectivity index (χ3v) is 5.73. The van der Waals surface area contributed by atoms with Crippen molar-refractivity contribution in [1.29, 1.82) is 0 Å². The Balaban J connectivity index is 2.06. The fraction of sp³-hybridized carbons (Fsp3) is 0.348. The number of carbonyl (C=O) groups excluding carboxylic acids is 2. The van der Waals surface area contributed by atoms with E-state index in [-0.39, 0.29) is 23.8 Å². The number of hydrogen-bond acceptors (Lipinski definition) is 4. The van der Waals surface area contributed by atoms with Gasteiger partial charge in [0.15, 0.2) is 4.80 Å². The number of para-hydroxylation sites is 1. The summed E-state index contributed by atoms with van der Waals surface area (Å²) in [6, 6.07) is 13.4. The summed E-state index contributed by atoms with van der Waals surface area (Å²) in [7, 11) is 0. The predicted octanol–water partition coefficient (Wildman–Crippen LogP) is 4.61. The van der Waals surface area contributed by atoms with Crippen molar-refractivity contribution in [2.75, 3.05) is 6.61 Å². The number of amides is 1. The van der Waals surface area contributed by atoms with E-state index in [9.17, 15) is 9.59 Å². The molecule has 5 nitrogen and oxygen atoms in total. The Bertz CT molecular complexity index is 1120. The molecule has 0 N–H and O–H groups in total. The van der Waals surface area contributed by atoms with Gasteiger partial charge in [-0.25, -0.2) is 0 Å². The monoisotopic (exact) mass is 410 g/mol. The zero-order valence-electron chi connectivity index (χ0n) is 17.5. The lowest BCUT2D eigenvalue weighted by Crippen LogP contribution is -2.23. The molecule has 0 spiro atoms. The molecule has 0 aliphatic heterocycles. The summed E-state index contributed by atoms with van der Waals surface area (Å²) in [5.41, 5.74) is 3.62. The van der Waals surface area contributed by atoms with Gasteiger partial charge in [0.05, 0.1) is 16.8 Å². The minimum absolute atomic E-state index is 0.0182. The fourth-order valence-corrected chi connectivity index (χ4v) is 4.24. The van der Waals surface area contributed by atoms with Gasteiger partial charge in [-0.3, -0.25) is 9.59 Å². The van der Waals surface area contributed by atoms with Crippen molar-refractivity contribution in [3.63, 3.8) is 0 Å². The summed E-state index contributed by atoms with van der Waals surface area (Å²) < 4.78 is 7.86. The fourth-order valence-electron chi connectivity index (χ4n) is 3.14. The molecular formula is C23H26N2O3S. The van der Waals surface area contributed by atoms with E-state index in [4.69, 9.17) is 4.74 Å². The average molecular weight is 411 g/mol. The Hall–Kier alpha value is -2.73. The maximum atomic E-state index is 12.8. The molecule has 0 aliphatic rings. The van der Waals surface area contributed by atoms with Crippen molar-refractivity contribution in [2.45, 2.75) is 46.6 Å². The second-order valence-electron chi connectivity index (χ2n) is 7.94. The summed E-state index contributed by atoms with van der Waals surface area (Å²) in [5.74, 6) is -0.675.